The lowest BCUT2D eigenvalue weighted by molar-refractivity contribution is -0.134. The van der Waals surface area contributed by atoms with Crippen LogP contribution >= 0.6 is 23.4 Å². The Balaban J connectivity index is 1.60. The number of carbonyl (C=O) groups excluding carboxylic acids is 2. The van der Waals surface area contributed by atoms with Gasteiger partial charge in [0.1, 0.15) is 11.0 Å². The maximum atomic E-state index is 12.4. The van der Waals surface area contributed by atoms with Crippen LogP contribution in [0.1, 0.15) is 26.7 Å². The molecule has 2 aliphatic heterocycles. The number of anilines is 1. The van der Waals surface area contributed by atoms with Crippen molar-refractivity contribution in [3.8, 4) is 0 Å². The van der Waals surface area contributed by atoms with Gasteiger partial charge in [-0.25, -0.2) is 9.97 Å². The molecule has 2 amide bonds. The Hall–Kier alpha value is -1.58. The van der Waals surface area contributed by atoms with E-state index in [0.29, 0.717) is 62.7 Å². The van der Waals surface area contributed by atoms with Gasteiger partial charge in [-0.3, -0.25) is 9.59 Å². The van der Waals surface area contributed by atoms with Gasteiger partial charge in [-0.1, -0.05) is 30.3 Å². The number of halogens is 1. The van der Waals surface area contributed by atoms with Gasteiger partial charge < -0.3 is 19.4 Å². The second-order valence-corrected chi connectivity index (χ2v) is 8.58. The highest BCUT2D eigenvalue weighted by molar-refractivity contribution is 7.99. The molecule has 0 bridgehead atoms. The summed E-state index contributed by atoms with van der Waals surface area (Å²) in [4.78, 5) is 39.4. The summed E-state index contributed by atoms with van der Waals surface area (Å²) >= 11 is 7.52. The van der Waals surface area contributed by atoms with Gasteiger partial charge in [-0.15, -0.1) is 0 Å². The van der Waals surface area contributed by atoms with Crippen molar-refractivity contribution >= 4 is 41.0 Å². The molecule has 0 saturated carbocycles. The minimum absolute atomic E-state index is 0.0556. The van der Waals surface area contributed by atoms with E-state index in [1.54, 1.807) is 11.0 Å². The summed E-state index contributed by atoms with van der Waals surface area (Å²) in [6, 6.07) is 1.85. The molecule has 29 heavy (non-hydrogen) atoms. The topological polar surface area (TPSA) is 78.9 Å². The van der Waals surface area contributed by atoms with Crippen LogP contribution in [0.2, 0.25) is 5.15 Å². The number of amides is 2. The van der Waals surface area contributed by atoms with Gasteiger partial charge in [0.2, 0.25) is 11.8 Å². The molecule has 0 aliphatic carbocycles. The first-order chi connectivity index (χ1) is 14.0. The number of ether oxygens (including phenoxy) is 1. The molecule has 160 valence electrons. The molecule has 1 aromatic heterocycles. The summed E-state index contributed by atoms with van der Waals surface area (Å²) in [5.41, 5.74) is 0. The number of carbonyl (C=O) groups is 2. The van der Waals surface area contributed by atoms with E-state index in [0.717, 1.165) is 12.2 Å². The van der Waals surface area contributed by atoms with Crippen molar-refractivity contribution < 1.29 is 14.3 Å². The average Bonchev–Trinajstić information content (AvgIpc) is 2.72. The van der Waals surface area contributed by atoms with Gasteiger partial charge in [0.15, 0.2) is 5.16 Å². The summed E-state index contributed by atoms with van der Waals surface area (Å²) in [6.07, 6.45) is 1.44. The van der Waals surface area contributed by atoms with Crippen LogP contribution in [0.5, 0.6) is 0 Å². The Kier molecular flexibility index (Phi) is 7.97. The van der Waals surface area contributed by atoms with Crippen molar-refractivity contribution in [3.63, 3.8) is 0 Å². The maximum Gasteiger partial charge on any atom is 0.233 e. The van der Waals surface area contributed by atoms with Crippen LogP contribution in [0.3, 0.4) is 0 Å². The zero-order chi connectivity index (χ0) is 20.8. The van der Waals surface area contributed by atoms with Crippen molar-refractivity contribution in [2.45, 2.75) is 37.9 Å². The number of aromatic nitrogens is 2. The fourth-order valence-corrected chi connectivity index (χ4v) is 4.52. The summed E-state index contributed by atoms with van der Waals surface area (Å²) in [7, 11) is 0. The summed E-state index contributed by atoms with van der Waals surface area (Å²) < 4.78 is 5.28. The SMILES string of the molecule is CCCC(=O)N1CCN(c2cc(Cl)nc(SCC(=O)N3CCOCC3)n2)CC1C. The third kappa shape index (κ3) is 5.96. The number of piperazine rings is 1. The van der Waals surface area contributed by atoms with E-state index >= 15 is 0 Å². The van der Waals surface area contributed by atoms with Gasteiger partial charge in [0.25, 0.3) is 0 Å². The third-order valence-corrected chi connectivity index (χ3v) is 6.11. The quantitative estimate of drug-likeness (QED) is 0.379. The highest BCUT2D eigenvalue weighted by Gasteiger charge is 2.28. The molecule has 2 aliphatic rings. The van der Waals surface area contributed by atoms with Crippen LogP contribution < -0.4 is 4.90 Å². The number of thioether (sulfide) groups is 1. The molecule has 10 heteroatoms. The van der Waals surface area contributed by atoms with E-state index in [9.17, 15) is 9.59 Å². The Labute approximate surface area is 180 Å². The van der Waals surface area contributed by atoms with Gasteiger partial charge in [-0.05, 0) is 13.3 Å². The Morgan fingerprint density at radius 2 is 1.97 bits per heavy atom. The highest BCUT2D eigenvalue weighted by Crippen LogP contribution is 2.24. The first-order valence-corrected chi connectivity index (χ1v) is 11.4. The van der Waals surface area contributed by atoms with E-state index in [-0.39, 0.29) is 23.6 Å². The second kappa shape index (κ2) is 10.4. The fraction of sp³-hybridized carbons (Fsp3) is 0.684. The zero-order valence-corrected chi connectivity index (χ0v) is 18.5. The standard InChI is InChI=1S/C19H28ClN5O3S/c1-3-4-17(26)25-6-5-24(12-14(25)2)16-11-15(20)21-19(22-16)29-13-18(27)23-7-9-28-10-8-23/h11,14H,3-10,12-13H2,1-2H3. The minimum atomic E-state index is 0.0556. The van der Waals surface area contributed by atoms with Crippen molar-refractivity contribution in [1.29, 1.82) is 0 Å². The lowest BCUT2D eigenvalue weighted by Crippen LogP contribution is -2.54. The molecule has 2 saturated heterocycles. The Bertz CT molecular complexity index is 732. The van der Waals surface area contributed by atoms with Crippen LogP contribution in [0.4, 0.5) is 5.82 Å². The summed E-state index contributed by atoms with van der Waals surface area (Å²) in [6.45, 7) is 8.55. The van der Waals surface area contributed by atoms with Gasteiger partial charge in [0, 0.05) is 51.3 Å². The molecular formula is C19H28ClN5O3S. The molecule has 8 nitrogen and oxygen atoms in total. The van der Waals surface area contributed by atoms with Crippen molar-refractivity contribution in [2.24, 2.45) is 0 Å². The van der Waals surface area contributed by atoms with Crippen molar-refractivity contribution in [3.05, 3.63) is 11.2 Å². The Morgan fingerprint density at radius 1 is 1.21 bits per heavy atom. The number of morpholine rings is 1. The molecule has 0 spiro atoms. The van der Waals surface area contributed by atoms with E-state index in [1.165, 1.54) is 11.8 Å². The molecular weight excluding hydrogens is 414 g/mol. The number of hydrogen-bond donors (Lipinski definition) is 0. The van der Waals surface area contributed by atoms with Crippen molar-refractivity contribution in [2.75, 3.05) is 56.6 Å². The van der Waals surface area contributed by atoms with Crippen LogP contribution in [-0.4, -0.2) is 89.3 Å². The predicted octanol–water partition coefficient (Wildman–Crippen LogP) is 1.92. The number of hydrogen-bond acceptors (Lipinski definition) is 7. The molecule has 0 radical (unpaired) electrons. The lowest BCUT2D eigenvalue weighted by Gasteiger charge is -2.40. The third-order valence-electron chi connectivity index (χ3n) is 5.09. The van der Waals surface area contributed by atoms with Gasteiger partial charge in [-0.2, -0.15) is 0 Å². The molecule has 3 rings (SSSR count). The average molecular weight is 442 g/mol. The second-order valence-electron chi connectivity index (χ2n) is 7.25. The van der Waals surface area contributed by atoms with E-state index in [2.05, 4.69) is 21.8 Å². The predicted molar refractivity (Wildman–Crippen MR) is 113 cm³/mol. The van der Waals surface area contributed by atoms with E-state index in [1.807, 2.05) is 11.8 Å². The normalized spacial score (nSPS) is 20.1. The maximum absolute atomic E-state index is 12.4. The van der Waals surface area contributed by atoms with Crippen LogP contribution in [0, 0.1) is 0 Å². The zero-order valence-electron chi connectivity index (χ0n) is 17.0. The van der Waals surface area contributed by atoms with Crippen molar-refractivity contribution in [1.82, 2.24) is 19.8 Å². The van der Waals surface area contributed by atoms with Crippen LogP contribution in [0.15, 0.2) is 11.2 Å². The fourth-order valence-electron chi connectivity index (χ4n) is 3.54. The number of rotatable bonds is 6. The molecule has 2 fully saturated rings. The van der Waals surface area contributed by atoms with E-state index < -0.39 is 0 Å². The van der Waals surface area contributed by atoms with Gasteiger partial charge in [0.05, 0.1) is 19.0 Å². The molecule has 1 atom stereocenters. The summed E-state index contributed by atoms with van der Waals surface area (Å²) in [5, 5.41) is 0.847. The van der Waals surface area contributed by atoms with E-state index in [4.69, 9.17) is 16.3 Å². The smallest absolute Gasteiger partial charge is 0.233 e. The first kappa shape index (κ1) is 22.1. The minimum Gasteiger partial charge on any atom is -0.378 e. The molecule has 0 aromatic carbocycles. The van der Waals surface area contributed by atoms with Crippen LogP contribution in [0.25, 0.3) is 0 Å². The molecule has 3 heterocycles. The summed E-state index contributed by atoms with van der Waals surface area (Å²) in [5.74, 6) is 1.27. The first-order valence-electron chi connectivity index (χ1n) is 10.0. The number of nitrogens with zero attached hydrogens (tertiary/aromatic N) is 5. The van der Waals surface area contributed by atoms with Crippen LogP contribution in [-0.2, 0) is 14.3 Å². The molecule has 1 unspecified atom stereocenters. The molecule has 1 aromatic rings. The lowest BCUT2D eigenvalue weighted by atomic mass is 10.1. The van der Waals surface area contributed by atoms with Gasteiger partial charge >= 0.3 is 0 Å². The Morgan fingerprint density at radius 3 is 2.66 bits per heavy atom. The molecule has 0 N–H and O–H groups in total. The highest BCUT2D eigenvalue weighted by atomic mass is 35.5. The largest absolute Gasteiger partial charge is 0.378 e. The monoisotopic (exact) mass is 441 g/mol.